The van der Waals surface area contributed by atoms with Gasteiger partial charge in [-0.3, -0.25) is 0 Å². The summed E-state index contributed by atoms with van der Waals surface area (Å²) in [6, 6.07) is 1.58. The number of halogens is 5. The monoisotopic (exact) mass is 319 g/mol. The van der Waals surface area contributed by atoms with Crippen molar-refractivity contribution in [3.05, 3.63) is 34.1 Å². The van der Waals surface area contributed by atoms with Crippen molar-refractivity contribution in [1.29, 1.82) is 0 Å². The molecule has 3 N–H and O–H groups in total. The maximum absolute atomic E-state index is 13.0. The van der Waals surface area contributed by atoms with Crippen molar-refractivity contribution in [2.45, 2.75) is 12.0 Å². The molecule has 0 amide bonds. The molecule has 16 heavy (non-hydrogen) atoms. The van der Waals surface area contributed by atoms with Crippen LogP contribution in [0.15, 0.2) is 22.7 Å². The average molecular weight is 321 g/mol. The summed E-state index contributed by atoms with van der Waals surface area (Å²) >= 11 is 2.99. The summed E-state index contributed by atoms with van der Waals surface area (Å²) in [6.45, 7) is -1.38. The number of alkyl halides is 2. The number of benzene rings is 1. The normalized spacial score (nSPS) is 13.1. The number of aliphatic hydroxyl groups excluding tert-OH is 1. The van der Waals surface area contributed by atoms with Gasteiger partial charge in [0.25, 0.3) is 5.92 Å². The Morgan fingerprint density at radius 2 is 2.00 bits per heavy atom. The van der Waals surface area contributed by atoms with Crippen molar-refractivity contribution in [2.24, 2.45) is 5.73 Å². The van der Waals surface area contributed by atoms with E-state index in [1.54, 1.807) is 0 Å². The number of nitrogens with two attached hydrogens (primary N) is 1. The highest BCUT2D eigenvalue weighted by Crippen LogP contribution is 2.33. The Hall–Kier alpha value is -0.300. The molecular weight excluding hydrogens is 310 g/mol. The second-order valence-electron chi connectivity index (χ2n) is 3.06. The molecule has 0 spiro atoms. The summed E-state index contributed by atoms with van der Waals surface area (Å²) in [5.74, 6) is -4.13. The first-order chi connectivity index (χ1) is 6.88. The molecule has 0 aromatic heterocycles. The van der Waals surface area contributed by atoms with Crippen molar-refractivity contribution < 1.29 is 18.3 Å². The molecule has 0 fully saturated rings. The minimum absolute atomic E-state index is 0. The average Bonchev–Trinajstić information content (AvgIpc) is 2.20. The number of hydrogen-bond acceptors (Lipinski definition) is 2. The van der Waals surface area contributed by atoms with Crippen LogP contribution in [0, 0.1) is 5.82 Å². The maximum Gasteiger partial charge on any atom is 0.289 e. The van der Waals surface area contributed by atoms with Gasteiger partial charge in [-0.2, -0.15) is 0 Å². The van der Waals surface area contributed by atoms with Crippen LogP contribution < -0.4 is 5.73 Å². The molecule has 0 saturated carbocycles. The highest BCUT2D eigenvalue weighted by molar-refractivity contribution is 9.10. The zero-order valence-corrected chi connectivity index (χ0v) is 10.4. The lowest BCUT2D eigenvalue weighted by atomic mass is 10.0. The van der Waals surface area contributed by atoms with Crippen molar-refractivity contribution >= 4 is 28.3 Å². The molecule has 0 unspecified atom stereocenters. The molecule has 0 heterocycles. The van der Waals surface area contributed by atoms with E-state index in [9.17, 15) is 13.2 Å². The van der Waals surface area contributed by atoms with Gasteiger partial charge < -0.3 is 10.8 Å². The maximum atomic E-state index is 13.0. The Morgan fingerprint density at radius 1 is 1.44 bits per heavy atom. The first-order valence-electron chi connectivity index (χ1n) is 4.07. The SMILES string of the molecule is Cl.N[C@H](c1cc(F)ccc1Br)C(F)(F)CO. The van der Waals surface area contributed by atoms with Crippen LogP contribution in [-0.4, -0.2) is 17.6 Å². The van der Waals surface area contributed by atoms with Crippen LogP contribution in [0.1, 0.15) is 11.6 Å². The van der Waals surface area contributed by atoms with Gasteiger partial charge in [-0.25, -0.2) is 13.2 Å². The molecule has 92 valence electrons. The standard InChI is InChI=1S/C9H9BrF3NO.ClH/c10-7-2-1-5(11)3-6(7)8(14)9(12,13)4-15;/h1-3,8,15H,4,14H2;1H/t8-;/m1./s1. The summed E-state index contributed by atoms with van der Waals surface area (Å²) in [5.41, 5.74) is 5.17. The first-order valence-corrected chi connectivity index (χ1v) is 4.87. The second kappa shape index (κ2) is 5.86. The van der Waals surface area contributed by atoms with Crippen LogP contribution in [0.5, 0.6) is 0 Å². The van der Waals surface area contributed by atoms with Gasteiger partial charge in [0.15, 0.2) is 0 Å². The van der Waals surface area contributed by atoms with E-state index < -0.39 is 24.4 Å². The van der Waals surface area contributed by atoms with Gasteiger partial charge in [0, 0.05) is 4.47 Å². The van der Waals surface area contributed by atoms with E-state index in [0.29, 0.717) is 0 Å². The number of hydrogen-bond donors (Lipinski definition) is 2. The van der Waals surface area contributed by atoms with Gasteiger partial charge in [-0.05, 0) is 23.8 Å². The largest absolute Gasteiger partial charge is 0.390 e. The third kappa shape index (κ3) is 3.35. The molecule has 1 aromatic rings. The van der Waals surface area contributed by atoms with Crippen LogP contribution >= 0.6 is 28.3 Å². The van der Waals surface area contributed by atoms with Crippen LogP contribution in [0.25, 0.3) is 0 Å². The van der Waals surface area contributed by atoms with E-state index in [-0.39, 0.29) is 22.4 Å². The molecule has 7 heteroatoms. The molecule has 1 atom stereocenters. The van der Waals surface area contributed by atoms with Crippen molar-refractivity contribution in [1.82, 2.24) is 0 Å². The van der Waals surface area contributed by atoms with Gasteiger partial charge in [0.2, 0.25) is 0 Å². The summed E-state index contributed by atoms with van der Waals surface area (Å²) in [7, 11) is 0. The van der Waals surface area contributed by atoms with Gasteiger partial charge in [0.05, 0.1) is 6.04 Å². The number of aliphatic hydroxyl groups is 1. The summed E-state index contributed by atoms with van der Waals surface area (Å²) in [5, 5.41) is 8.45. The fourth-order valence-electron chi connectivity index (χ4n) is 1.08. The van der Waals surface area contributed by atoms with E-state index in [1.165, 1.54) is 6.07 Å². The van der Waals surface area contributed by atoms with Gasteiger partial charge in [0.1, 0.15) is 12.4 Å². The van der Waals surface area contributed by atoms with Crippen LogP contribution in [0.4, 0.5) is 13.2 Å². The van der Waals surface area contributed by atoms with Gasteiger partial charge in [-0.15, -0.1) is 12.4 Å². The van der Waals surface area contributed by atoms with Gasteiger partial charge in [-0.1, -0.05) is 15.9 Å². The Kier molecular flexibility index (Phi) is 5.75. The summed E-state index contributed by atoms with van der Waals surface area (Å²) in [4.78, 5) is 0. The minimum atomic E-state index is -3.48. The predicted molar refractivity (Wildman–Crippen MR) is 60.3 cm³/mol. The fraction of sp³-hybridized carbons (Fsp3) is 0.333. The summed E-state index contributed by atoms with van der Waals surface area (Å²) in [6.07, 6.45) is 0. The minimum Gasteiger partial charge on any atom is -0.390 e. The van der Waals surface area contributed by atoms with Crippen molar-refractivity contribution in [3.63, 3.8) is 0 Å². The lowest BCUT2D eigenvalue weighted by Gasteiger charge is -2.22. The molecule has 0 saturated heterocycles. The molecular formula is C9H10BrClF3NO. The van der Waals surface area contributed by atoms with E-state index in [0.717, 1.165) is 12.1 Å². The molecule has 1 aromatic carbocycles. The van der Waals surface area contributed by atoms with Crippen molar-refractivity contribution in [2.75, 3.05) is 6.61 Å². The fourth-order valence-corrected chi connectivity index (χ4v) is 1.57. The highest BCUT2D eigenvalue weighted by Gasteiger charge is 2.38. The molecule has 0 aliphatic rings. The van der Waals surface area contributed by atoms with Crippen LogP contribution in [0.3, 0.4) is 0 Å². The van der Waals surface area contributed by atoms with Gasteiger partial charge >= 0.3 is 0 Å². The van der Waals surface area contributed by atoms with Crippen LogP contribution in [-0.2, 0) is 0 Å². The van der Waals surface area contributed by atoms with Crippen molar-refractivity contribution in [3.8, 4) is 0 Å². The highest BCUT2D eigenvalue weighted by atomic mass is 79.9. The zero-order chi connectivity index (χ0) is 11.6. The topological polar surface area (TPSA) is 46.2 Å². The Labute approximate surface area is 105 Å². The Bertz CT molecular complexity index is 365. The Morgan fingerprint density at radius 3 is 2.50 bits per heavy atom. The van der Waals surface area contributed by atoms with E-state index in [4.69, 9.17) is 10.8 Å². The lowest BCUT2D eigenvalue weighted by molar-refractivity contribution is -0.0713. The Balaban J connectivity index is 0.00000225. The van der Waals surface area contributed by atoms with E-state index >= 15 is 0 Å². The van der Waals surface area contributed by atoms with E-state index in [2.05, 4.69) is 15.9 Å². The molecule has 1 rings (SSSR count). The molecule has 0 bridgehead atoms. The lowest BCUT2D eigenvalue weighted by Crippen LogP contribution is -2.36. The third-order valence-electron chi connectivity index (χ3n) is 1.96. The summed E-state index contributed by atoms with van der Waals surface area (Å²) < 4.78 is 39.1. The quantitative estimate of drug-likeness (QED) is 0.899. The third-order valence-corrected chi connectivity index (χ3v) is 2.68. The smallest absolute Gasteiger partial charge is 0.289 e. The second-order valence-corrected chi connectivity index (χ2v) is 3.92. The van der Waals surface area contributed by atoms with E-state index in [1.807, 2.05) is 0 Å². The first kappa shape index (κ1) is 15.7. The van der Waals surface area contributed by atoms with Crippen LogP contribution in [0.2, 0.25) is 0 Å². The number of rotatable bonds is 3. The predicted octanol–water partition coefficient (Wildman–Crippen LogP) is 2.64. The molecule has 0 aliphatic carbocycles. The molecule has 0 aliphatic heterocycles. The molecule has 0 radical (unpaired) electrons. The molecule has 2 nitrogen and oxygen atoms in total. The zero-order valence-electron chi connectivity index (χ0n) is 7.96.